The number of amides is 3. The maximum atomic E-state index is 12.0. The van der Waals surface area contributed by atoms with Gasteiger partial charge in [0.05, 0.1) is 0 Å². The fourth-order valence-electron chi connectivity index (χ4n) is 5.45. The summed E-state index contributed by atoms with van der Waals surface area (Å²) < 4.78 is 5.34. The number of piperidine rings is 3. The number of alkyl carbamates (subject to hydrolysis) is 1. The third-order valence-electron chi connectivity index (χ3n) is 7.58. The van der Waals surface area contributed by atoms with Gasteiger partial charge in [-0.15, -0.1) is 0 Å². The number of benzene rings is 1. The van der Waals surface area contributed by atoms with E-state index in [1.165, 1.54) is 18.5 Å². The maximum Gasteiger partial charge on any atom is 0.407 e. The molecule has 0 spiro atoms. The topological polar surface area (TPSA) is 103 Å². The van der Waals surface area contributed by atoms with Crippen LogP contribution < -0.4 is 20.9 Å². The van der Waals surface area contributed by atoms with E-state index in [9.17, 15) is 14.4 Å². The molecule has 1 atom stereocenters. The molecule has 3 aliphatic heterocycles. The minimum absolute atomic E-state index is 0.195. The lowest BCUT2D eigenvalue weighted by atomic mass is 9.92. The van der Waals surface area contributed by atoms with E-state index in [0.29, 0.717) is 25.3 Å². The predicted octanol–water partition coefficient (Wildman–Crippen LogP) is 3.36. The van der Waals surface area contributed by atoms with Gasteiger partial charge in [-0.3, -0.25) is 14.9 Å². The number of anilines is 2. The van der Waals surface area contributed by atoms with Gasteiger partial charge in [-0.25, -0.2) is 4.79 Å². The molecule has 4 rings (SSSR count). The van der Waals surface area contributed by atoms with Gasteiger partial charge < -0.3 is 25.2 Å². The number of rotatable bonds is 7. The average Bonchev–Trinajstić information content (AvgIpc) is 2.85. The van der Waals surface area contributed by atoms with Crippen LogP contribution in [0, 0.1) is 11.8 Å². The minimum Gasteiger partial charge on any atom is -0.444 e. The molecule has 0 radical (unpaired) electrons. The first-order chi connectivity index (χ1) is 17.6. The Morgan fingerprint density at radius 2 is 1.62 bits per heavy atom. The van der Waals surface area contributed by atoms with Crippen molar-refractivity contribution in [3.05, 3.63) is 24.3 Å². The first-order valence-corrected chi connectivity index (χ1v) is 13.8. The Balaban J connectivity index is 1.13. The van der Waals surface area contributed by atoms with Gasteiger partial charge in [0.15, 0.2) is 0 Å². The number of hydrogen-bond acceptors (Lipinski definition) is 7. The maximum absolute atomic E-state index is 12.0. The SMILES string of the molecule is CC(C)(C)OC(=O)NCC1CCN(CC2CCN(c3ccc(NC4CCC(=O)NC4=O)cc3)CC2)CC1. The molecule has 3 heterocycles. The van der Waals surface area contributed by atoms with Crippen LogP contribution >= 0.6 is 0 Å². The Bertz CT molecular complexity index is 929. The molecule has 0 bridgehead atoms. The third-order valence-corrected chi connectivity index (χ3v) is 7.58. The highest BCUT2D eigenvalue weighted by molar-refractivity contribution is 6.01. The average molecular weight is 514 g/mol. The molecule has 1 unspecified atom stereocenters. The van der Waals surface area contributed by atoms with Gasteiger partial charge in [0.1, 0.15) is 11.6 Å². The molecule has 9 heteroatoms. The molecule has 3 N–H and O–H groups in total. The van der Waals surface area contributed by atoms with Crippen molar-refractivity contribution >= 4 is 29.3 Å². The second kappa shape index (κ2) is 12.2. The smallest absolute Gasteiger partial charge is 0.407 e. The molecule has 9 nitrogen and oxygen atoms in total. The van der Waals surface area contributed by atoms with E-state index in [-0.39, 0.29) is 23.9 Å². The number of nitrogens with zero attached hydrogens (tertiary/aromatic N) is 2. The van der Waals surface area contributed by atoms with Gasteiger partial charge in [0.2, 0.25) is 11.8 Å². The lowest BCUT2D eigenvalue weighted by Gasteiger charge is -2.38. The Labute approximate surface area is 220 Å². The molecule has 3 amide bonds. The number of carbonyl (C=O) groups is 3. The van der Waals surface area contributed by atoms with Crippen molar-refractivity contribution in [2.24, 2.45) is 11.8 Å². The highest BCUT2D eigenvalue weighted by atomic mass is 16.6. The molecule has 37 heavy (non-hydrogen) atoms. The number of nitrogens with one attached hydrogen (secondary N) is 3. The molecule has 0 aliphatic carbocycles. The fraction of sp³-hybridized carbons (Fsp3) is 0.679. The zero-order chi connectivity index (χ0) is 26.4. The van der Waals surface area contributed by atoms with Crippen LogP contribution in [0.3, 0.4) is 0 Å². The molecule has 3 saturated heterocycles. The van der Waals surface area contributed by atoms with E-state index >= 15 is 0 Å². The van der Waals surface area contributed by atoms with Gasteiger partial charge in [-0.05, 0) is 102 Å². The highest BCUT2D eigenvalue weighted by Gasteiger charge is 2.27. The molecule has 0 saturated carbocycles. The number of imide groups is 1. The van der Waals surface area contributed by atoms with Gasteiger partial charge in [-0.1, -0.05) is 0 Å². The summed E-state index contributed by atoms with van der Waals surface area (Å²) in [5.41, 5.74) is 1.66. The van der Waals surface area contributed by atoms with E-state index in [2.05, 4.69) is 37.9 Å². The van der Waals surface area contributed by atoms with Gasteiger partial charge in [0, 0.05) is 44.0 Å². The normalized spacial score (nSPS) is 22.5. The lowest BCUT2D eigenvalue weighted by Crippen LogP contribution is -2.47. The Hall–Kier alpha value is -2.81. The summed E-state index contributed by atoms with van der Waals surface area (Å²) in [5, 5.41) is 8.57. The first kappa shape index (κ1) is 27.2. The van der Waals surface area contributed by atoms with E-state index in [1.54, 1.807) is 0 Å². The van der Waals surface area contributed by atoms with Crippen molar-refractivity contribution in [3.63, 3.8) is 0 Å². The molecule has 204 valence electrons. The van der Waals surface area contributed by atoms with Crippen molar-refractivity contribution in [1.82, 2.24) is 15.5 Å². The van der Waals surface area contributed by atoms with Crippen LogP contribution in [-0.4, -0.2) is 73.7 Å². The first-order valence-electron chi connectivity index (χ1n) is 13.8. The Morgan fingerprint density at radius 1 is 0.973 bits per heavy atom. The zero-order valence-electron chi connectivity index (χ0n) is 22.6. The predicted molar refractivity (Wildman–Crippen MR) is 145 cm³/mol. The van der Waals surface area contributed by atoms with E-state index < -0.39 is 5.60 Å². The molecular formula is C28H43N5O4. The van der Waals surface area contributed by atoms with Crippen molar-refractivity contribution in [2.75, 3.05) is 49.5 Å². The quantitative estimate of drug-likeness (QED) is 0.481. The van der Waals surface area contributed by atoms with Crippen LogP contribution in [-0.2, 0) is 14.3 Å². The second-order valence-corrected chi connectivity index (χ2v) is 11.8. The molecule has 3 aliphatic rings. The molecule has 1 aromatic rings. The summed E-state index contributed by atoms with van der Waals surface area (Å²) in [6.07, 6.45) is 5.20. The summed E-state index contributed by atoms with van der Waals surface area (Å²) in [6.45, 7) is 11.8. The summed E-state index contributed by atoms with van der Waals surface area (Å²) in [4.78, 5) is 40.3. The fourth-order valence-corrected chi connectivity index (χ4v) is 5.45. The van der Waals surface area contributed by atoms with Crippen LogP contribution in [0.2, 0.25) is 0 Å². The molecule has 0 aromatic heterocycles. The summed E-state index contributed by atoms with van der Waals surface area (Å²) >= 11 is 0. The monoisotopic (exact) mass is 513 g/mol. The molecule has 3 fully saturated rings. The summed E-state index contributed by atoms with van der Waals surface area (Å²) in [7, 11) is 0. The van der Waals surface area contributed by atoms with Crippen LogP contribution in [0.25, 0.3) is 0 Å². The number of hydrogen-bond donors (Lipinski definition) is 3. The number of carbonyl (C=O) groups excluding carboxylic acids is 3. The lowest BCUT2D eigenvalue weighted by molar-refractivity contribution is -0.133. The van der Waals surface area contributed by atoms with Crippen LogP contribution in [0.15, 0.2) is 24.3 Å². The largest absolute Gasteiger partial charge is 0.444 e. The van der Waals surface area contributed by atoms with Crippen molar-refractivity contribution in [1.29, 1.82) is 0 Å². The third kappa shape index (κ3) is 8.35. The Kier molecular flexibility index (Phi) is 8.95. The standard InChI is InChI=1S/C28H43N5O4/c1-28(2,3)37-27(36)29-18-20-10-14-32(15-11-20)19-21-12-16-33(17-13-21)23-6-4-22(5-7-23)30-24-8-9-25(34)31-26(24)35/h4-7,20-21,24,30H,8-19H2,1-3H3,(H,29,36)(H,31,34,35). The van der Waals surface area contributed by atoms with Gasteiger partial charge in [-0.2, -0.15) is 0 Å². The number of ether oxygens (including phenoxy) is 1. The minimum atomic E-state index is -0.457. The van der Waals surface area contributed by atoms with Crippen LogP contribution in [0.1, 0.15) is 59.3 Å². The van der Waals surface area contributed by atoms with Crippen molar-refractivity contribution < 1.29 is 19.1 Å². The van der Waals surface area contributed by atoms with Crippen molar-refractivity contribution in [2.45, 2.75) is 70.9 Å². The van der Waals surface area contributed by atoms with Crippen LogP contribution in [0.5, 0.6) is 0 Å². The van der Waals surface area contributed by atoms with E-state index in [4.69, 9.17) is 4.74 Å². The van der Waals surface area contributed by atoms with E-state index in [0.717, 1.165) is 57.2 Å². The highest BCUT2D eigenvalue weighted by Crippen LogP contribution is 2.27. The molecule has 1 aromatic carbocycles. The Morgan fingerprint density at radius 3 is 2.24 bits per heavy atom. The van der Waals surface area contributed by atoms with Crippen LogP contribution in [0.4, 0.5) is 16.2 Å². The van der Waals surface area contributed by atoms with E-state index in [1.807, 2.05) is 32.9 Å². The summed E-state index contributed by atoms with van der Waals surface area (Å²) in [6, 6.07) is 7.92. The summed E-state index contributed by atoms with van der Waals surface area (Å²) in [5.74, 6) is 0.808. The van der Waals surface area contributed by atoms with Gasteiger partial charge in [0.25, 0.3) is 0 Å². The van der Waals surface area contributed by atoms with Gasteiger partial charge >= 0.3 is 6.09 Å². The number of likely N-dealkylation sites (tertiary alicyclic amines) is 1. The zero-order valence-corrected chi connectivity index (χ0v) is 22.6. The van der Waals surface area contributed by atoms with Crippen molar-refractivity contribution in [3.8, 4) is 0 Å². The molecular weight excluding hydrogens is 470 g/mol. The second-order valence-electron chi connectivity index (χ2n) is 11.8.